The van der Waals surface area contributed by atoms with Crippen molar-refractivity contribution < 1.29 is 0 Å². The Bertz CT molecular complexity index is 64.4. The summed E-state index contributed by atoms with van der Waals surface area (Å²) in [5, 5.41) is 3.11. The van der Waals surface area contributed by atoms with Gasteiger partial charge < -0.3 is 0 Å². The first-order valence-corrected chi connectivity index (χ1v) is 8.42. The van der Waals surface area contributed by atoms with Gasteiger partial charge in [0, 0.05) is 26.7 Å². The molecule has 0 fully saturated rings. The molecule has 0 nitrogen and oxygen atoms in total. The van der Waals surface area contributed by atoms with Crippen molar-refractivity contribution in [3.63, 3.8) is 0 Å². The van der Waals surface area contributed by atoms with E-state index in [1.54, 1.807) is 0 Å². The second-order valence-electron chi connectivity index (χ2n) is 1.99. The third-order valence-corrected chi connectivity index (χ3v) is 5.63. The smallest absolute Gasteiger partial charge is 0.0339 e. The third-order valence-electron chi connectivity index (χ3n) is 0.852. The van der Waals surface area contributed by atoms with E-state index in [1.807, 2.05) is 0 Å². The van der Waals surface area contributed by atoms with Gasteiger partial charge in [-0.25, -0.2) is 0 Å². The van der Waals surface area contributed by atoms with E-state index >= 15 is 0 Å². The molecule has 0 rings (SSSR count). The molecule has 0 saturated heterocycles. The molecule has 0 amide bonds. The summed E-state index contributed by atoms with van der Waals surface area (Å²) >= 11 is 18.6. The summed E-state index contributed by atoms with van der Waals surface area (Å²) in [6.45, 7) is 0. The number of alkyl halides is 5. The molecule has 0 aromatic rings. The lowest BCUT2D eigenvalue weighted by Crippen LogP contribution is -1.97. The second-order valence-corrected chi connectivity index (χ2v) is 5.75. The van der Waals surface area contributed by atoms with Crippen molar-refractivity contribution in [3.05, 3.63) is 0 Å². The molecule has 5 heteroatoms. The van der Waals surface area contributed by atoms with Crippen LogP contribution in [0.4, 0.5) is 0 Å². The van der Waals surface area contributed by atoms with Crippen molar-refractivity contribution in [2.75, 3.05) is 21.9 Å². The quantitative estimate of drug-likeness (QED) is 0.410. The highest BCUT2D eigenvalue weighted by Gasteiger charge is 1.94. The Kier molecular flexibility index (Phi) is 21.7. The van der Waals surface area contributed by atoms with Crippen molar-refractivity contribution in [3.8, 4) is 0 Å². The van der Waals surface area contributed by atoms with Gasteiger partial charge in [0.2, 0.25) is 0 Å². The molecule has 76 valence electrons. The molecular weight excluding hydrogens is 439 g/mol. The van der Waals surface area contributed by atoms with Gasteiger partial charge in [-0.1, -0.05) is 63.7 Å². The minimum absolute atomic E-state index is 0.581. The minimum Gasteiger partial charge on any atom is -0.127 e. The minimum atomic E-state index is 0.581. The molecule has 0 bridgehead atoms. The Morgan fingerprint density at radius 1 is 1.00 bits per heavy atom. The number of rotatable bonds is 5. The molecule has 0 aliphatic carbocycles. The van der Waals surface area contributed by atoms with Crippen molar-refractivity contribution in [1.29, 1.82) is 0 Å². The van der Waals surface area contributed by atoms with Gasteiger partial charge >= 0.3 is 0 Å². The lowest BCUT2D eigenvalue weighted by atomic mass is 10.4. The summed E-state index contributed by atoms with van der Waals surface area (Å²) in [5.41, 5.74) is 0. The van der Waals surface area contributed by atoms with Gasteiger partial charge in [0.15, 0.2) is 0 Å². The summed E-state index contributed by atoms with van der Waals surface area (Å²) in [7, 11) is 0. The molecule has 0 N–H and O–H groups in total. The first-order chi connectivity index (χ1) is 5.72. The highest BCUT2D eigenvalue weighted by atomic mass is 79.9. The Labute approximate surface area is 114 Å². The molecule has 12 heavy (non-hydrogen) atoms. The van der Waals surface area contributed by atoms with Gasteiger partial charge in [0.05, 0.1) is 0 Å². The number of unbranched alkanes of at least 4 members (excludes halogenated alkanes) is 1. The van der Waals surface area contributed by atoms with E-state index in [4.69, 9.17) is 11.6 Å². The number of hydrogen-bond acceptors (Lipinski definition) is 0. The predicted molar refractivity (Wildman–Crippen MR) is 74.1 cm³/mol. The first-order valence-electron chi connectivity index (χ1n) is 3.60. The number of halogens is 5. The molecule has 0 heterocycles. The maximum absolute atomic E-state index is 5.36. The van der Waals surface area contributed by atoms with Crippen LogP contribution in [0.2, 0.25) is 0 Å². The zero-order valence-electron chi connectivity index (χ0n) is 6.71. The van der Waals surface area contributed by atoms with E-state index in [-0.39, 0.29) is 0 Å². The van der Waals surface area contributed by atoms with E-state index in [0.29, 0.717) is 4.83 Å². The monoisotopic (exact) mass is 448 g/mol. The van der Waals surface area contributed by atoms with Crippen LogP contribution in [0.3, 0.4) is 0 Å². The first kappa shape index (κ1) is 16.6. The van der Waals surface area contributed by atoms with Gasteiger partial charge in [0.25, 0.3) is 0 Å². The van der Waals surface area contributed by atoms with Crippen LogP contribution in [0, 0.1) is 0 Å². The summed E-state index contributed by atoms with van der Waals surface area (Å²) in [6.07, 6.45) is 2.33. The maximum Gasteiger partial charge on any atom is 0.0339 e. The summed E-state index contributed by atoms with van der Waals surface area (Å²) in [6, 6.07) is 0. The molecule has 0 unspecified atom stereocenters. The van der Waals surface area contributed by atoms with Crippen LogP contribution in [0.5, 0.6) is 0 Å². The predicted octanol–water partition coefficient (Wildman–Crippen LogP) is 4.94. The van der Waals surface area contributed by atoms with Gasteiger partial charge in [0.1, 0.15) is 0 Å². The van der Waals surface area contributed by atoms with E-state index in [9.17, 15) is 0 Å². The van der Waals surface area contributed by atoms with Gasteiger partial charge in [-0.15, -0.1) is 11.6 Å². The Hall–Kier alpha value is 2.21. The van der Waals surface area contributed by atoms with Crippen LogP contribution in [0.15, 0.2) is 0 Å². The lowest BCUT2D eigenvalue weighted by molar-refractivity contribution is 0.909. The van der Waals surface area contributed by atoms with Crippen molar-refractivity contribution in [1.82, 2.24) is 0 Å². The van der Waals surface area contributed by atoms with Crippen LogP contribution < -0.4 is 0 Å². The molecule has 0 saturated carbocycles. The maximum atomic E-state index is 5.36. The molecule has 0 radical (unpaired) electrons. The van der Waals surface area contributed by atoms with Crippen molar-refractivity contribution >= 4 is 75.3 Å². The molecule has 0 aliphatic heterocycles. The SMILES string of the molecule is BrCC(Br)CBr.ClCCCCBr. The summed E-state index contributed by atoms with van der Waals surface area (Å²) in [5.74, 6) is 0.797. The van der Waals surface area contributed by atoms with Gasteiger partial charge in [-0.2, -0.15) is 0 Å². The average molecular weight is 452 g/mol. The van der Waals surface area contributed by atoms with Crippen LogP contribution in [-0.4, -0.2) is 26.7 Å². The Morgan fingerprint density at radius 2 is 1.50 bits per heavy atom. The normalized spacial score (nSPS) is 9.50. The van der Waals surface area contributed by atoms with E-state index in [1.165, 1.54) is 6.42 Å². The lowest BCUT2D eigenvalue weighted by Gasteiger charge is -1.93. The molecule has 0 aromatic carbocycles. The van der Waals surface area contributed by atoms with Crippen molar-refractivity contribution in [2.45, 2.75) is 17.7 Å². The Balaban J connectivity index is 0. The molecule has 0 aromatic heterocycles. The summed E-state index contributed by atoms with van der Waals surface area (Å²) < 4.78 is 0. The molecular formula is C7H13Br4Cl. The van der Waals surface area contributed by atoms with E-state index < -0.39 is 0 Å². The van der Waals surface area contributed by atoms with Gasteiger partial charge in [-0.05, 0) is 12.8 Å². The molecule has 0 aliphatic rings. The average Bonchev–Trinajstić information content (AvgIpc) is 2.14. The largest absolute Gasteiger partial charge is 0.127 e. The highest BCUT2D eigenvalue weighted by molar-refractivity contribution is 9.13. The topological polar surface area (TPSA) is 0 Å². The van der Waals surface area contributed by atoms with E-state index in [2.05, 4.69) is 63.7 Å². The highest BCUT2D eigenvalue weighted by Crippen LogP contribution is 2.05. The zero-order chi connectivity index (χ0) is 9.82. The third kappa shape index (κ3) is 18.1. The fourth-order valence-electron chi connectivity index (χ4n) is 0.230. The van der Waals surface area contributed by atoms with Gasteiger partial charge in [-0.3, -0.25) is 0 Å². The molecule has 0 spiro atoms. The molecule has 0 atom stereocenters. The second kappa shape index (κ2) is 15.7. The zero-order valence-corrected chi connectivity index (χ0v) is 13.8. The summed E-state index contributed by atoms with van der Waals surface area (Å²) in [4.78, 5) is 0.581. The van der Waals surface area contributed by atoms with Crippen LogP contribution in [-0.2, 0) is 0 Å². The Morgan fingerprint density at radius 3 is 1.58 bits per heavy atom. The standard InChI is InChI=1S/C4H8BrCl.C3H5Br3/c5-3-1-2-4-6;4-1-3(6)2-5/h1-4H2;3H,1-2H2. The van der Waals surface area contributed by atoms with Crippen molar-refractivity contribution in [2.24, 2.45) is 0 Å². The van der Waals surface area contributed by atoms with Crippen LogP contribution in [0.1, 0.15) is 12.8 Å². The van der Waals surface area contributed by atoms with Crippen LogP contribution in [0.25, 0.3) is 0 Å². The fourth-order valence-corrected chi connectivity index (χ4v) is 1.89. The van der Waals surface area contributed by atoms with E-state index in [0.717, 1.165) is 28.3 Å². The number of hydrogen-bond donors (Lipinski definition) is 0. The van der Waals surface area contributed by atoms with Crippen LogP contribution >= 0.6 is 75.3 Å². The fraction of sp³-hybridized carbons (Fsp3) is 1.00.